The molecule has 5 rings (SSSR count). The van der Waals surface area contributed by atoms with Crippen molar-refractivity contribution in [1.29, 1.82) is 0 Å². The lowest BCUT2D eigenvalue weighted by Gasteiger charge is -2.47. The van der Waals surface area contributed by atoms with Crippen LogP contribution in [0.3, 0.4) is 0 Å². The van der Waals surface area contributed by atoms with Gasteiger partial charge < -0.3 is 9.64 Å². The van der Waals surface area contributed by atoms with Gasteiger partial charge in [-0.15, -0.1) is 0 Å². The van der Waals surface area contributed by atoms with Crippen molar-refractivity contribution in [2.75, 3.05) is 32.2 Å². The Morgan fingerprint density at radius 1 is 0.917 bits per heavy atom. The molecular formula is C33H37Cl3N4O6S2. The van der Waals surface area contributed by atoms with E-state index in [1.165, 1.54) is 12.1 Å². The number of carbonyl (C=O) groups excluding carboxylic acids is 1. The number of amidine groups is 1. The highest BCUT2D eigenvalue weighted by molar-refractivity contribution is 7.90. The van der Waals surface area contributed by atoms with Crippen molar-refractivity contribution in [3.63, 3.8) is 0 Å². The number of rotatable bonds is 8. The Bertz CT molecular complexity index is 1970. The van der Waals surface area contributed by atoms with Gasteiger partial charge in [0.25, 0.3) is 0 Å². The van der Waals surface area contributed by atoms with Crippen LogP contribution in [0.15, 0.2) is 70.6 Å². The maximum Gasteiger partial charge on any atom is 0.326 e. The zero-order valence-corrected chi connectivity index (χ0v) is 31.0. The normalized spacial score (nSPS) is 22.1. The molecule has 0 unspecified atom stereocenters. The first-order valence-electron chi connectivity index (χ1n) is 15.2. The molecule has 1 fully saturated rings. The highest BCUT2D eigenvalue weighted by Crippen LogP contribution is 2.54. The number of amides is 2. The summed E-state index contributed by atoms with van der Waals surface area (Å²) in [6.45, 7) is 6.35. The summed E-state index contributed by atoms with van der Waals surface area (Å²) in [6, 6.07) is 16.5. The number of carbonyl (C=O) groups is 1. The van der Waals surface area contributed by atoms with Crippen molar-refractivity contribution in [3.05, 3.63) is 92.4 Å². The summed E-state index contributed by atoms with van der Waals surface area (Å²) in [5, 5.41) is 0.995. The van der Waals surface area contributed by atoms with E-state index in [4.69, 9.17) is 44.5 Å². The van der Waals surface area contributed by atoms with Gasteiger partial charge in [-0.05, 0) is 75.1 Å². The van der Waals surface area contributed by atoms with Crippen LogP contribution >= 0.6 is 34.8 Å². The van der Waals surface area contributed by atoms with Crippen molar-refractivity contribution < 1.29 is 26.4 Å². The average Bonchev–Trinajstić information content (AvgIpc) is 3.24. The minimum atomic E-state index is -3.81. The lowest BCUT2D eigenvalue weighted by atomic mass is 9.71. The van der Waals surface area contributed by atoms with Crippen molar-refractivity contribution in [3.8, 4) is 5.75 Å². The highest BCUT2D eigenvalue weighted by Gasteiger charge is 2.60. The van der Waals surface area contributed by atoms with Gasteiger partial charge in [0, 0.05) is 41.5 Å². The first-order chi connectivity index (χ1) is 22.4. The van der Waals surface area contributed by atoms with E-state index in [0.717, 1.165) is 18.1 Å². The molecule has 2 amide bonds. The van der Waals surface area contributed by atoms with E-state index in [0.29, 0.717) is 28.5 Å². The van der Waals surface area contributed by atoms with Crippen LogP contribution in [0.25, 0.3) is 0 Å². The maximum atomic E-state index is 15.0. The van der Waals surface area contributed by atoms with E-state index in [1.54, 1.807) is 41.0 Å². The quantitative estimate of drug-likeness (QED) is 0.281. The molecule has 10 nitrogen and oxygen atoms in total. The minimum Gasteiger partial charge on any atom is -0.493 e. The summed E-state index contributed by atoms with van der Waals surface area (Å²) >= 11 is 19.1. The van der Waals surface area contributed by atoms with Gasteiger partial charge >= 0.3 is 6.03 Å². The van der Waals surface area contributed by atoms with Crippen LogP contribution in [-0.4, -0.2) is 76.8 Å². The first kappa shape index (κ1) is 36.4. The molecular weight excluding hydrogens is 719 g/mol. The summed E-state index contributed by atoms with van der Waals surface area (Å²) in [5.41, 5.74) is -0.681. The second-order valence-electron chi connectivity index (χ2n) is 12.3. The zero-order valence-electron chi connectivity index (χ0n) is 27.1. The number of likely N-dealkylation sites (tertiary alicyclic amines) is 1. The van der Waals surface area contributed by atoms with Crippen molar-refractivity contribution in [2.24, 2.45) is 4.99 Å². The molecule has 15 heteroatoms. The van der Waals surface area contributed by atoms with E-state index >= 15 is 4.79 Å². The van der Waals surface area contributed by atoms with Crippen molar-refractivity contribution >= 4 is 66.5 Å². The lowest BCUT2D eigenvalue weighted by molar-refractivity contribution is 0.100. The molecule has 258 valence electrons. The molecule has 0 spiro atoms. The Labute approximate surface area is 297 Å². The Morgan fingerprint density at radius 3 is 1.96 bits per heavy atom. The summed E-state index contributed by atoms with van der Waals surface area (Å²) < 4.78 is 58.3. The molecule has 2 atom stereocenters. The average molecular weight is 756 g/mol. The van der Waals surface area contributed by atoms with Crippen molar-refractivity contribution in [2.45, 2.75) is 55.6 Å². The largest absolute Gasteiger partial charge is 0.493 e. The van der Waals surface area contributed by atoms with Gasteiger partial charge in [-0.1, -0.05) is 59.1 Å². The van der Waals surface area contributed by atoms with Crippen LogP contribution in [0.4, 0.5) is 4.79 Å². The van der Waals surface area contributed by atoms with Crippen LogP contribution in [0.2, 0.25) is 15.1 Å². The zero-order chi connectivity index (χ0) is 35.2. The molecule has 2 aliphatic heterocycles. The summed E-state index contributed by atoms with van der Waals surface area (Å²) in [6.07, 6.45) is 2.96. The molecule has 3 aromatic carbocycles. The fourth-order valence-electron chi connectivity index (χ4n) is 6.47. The second kappa shape index (κ2) is 13.4. The Kier molecular flexibility index (Phi) is 10.2. The summed E-state index contributed by atoms with van der Waals surface area (Å²) in [5.74, 6) is 0.428. The number of hydrogen-bond donors (Lipinski definition) is 1. The smallest absolute Gasteiger partial charge is 0.326 e. The van der Waals surface area contributed by atoms with Gasteiger partial charge in [0.15, 0.2) is 9.84 Å². The number of sulfone groups is 1. The predicted molar refractivity (Wildman–Crippen MR) is 190 cm³/mol. The minimum absolute atomic E-state index is 0.0254. The lowest BCUT2D eigenvalue weighted by Crippen LogP contribution is -2.59. The van der Waals surface area contributed by atoms with Crippen LogP contribution in [0.1, 0.15) is 50.3 Å². The number of piperidine rings is 1. The number of benzene rings is 3. The van der Waals surface area contributed by atoms with E-state index in [9.17, 15) is 16.8 Å². The van der Waals surface area contributed by atoms with Gasteiger partial charge in [-0.2, -0.15) is 0 Å². The number of nitrogens with one attached hydrogen (secondary N) is 1. The Hall–Kier alpha value is -2.87. The molecule has 0 saturated carbocycles. The number of hydrogen-bond acceptors (Lipinski definition) is 7. The van der Waals surface area contributed by atoms with Gasteiger partial charge in [0.05, 0.1) is 28.3 Å². The Morgan fingerprint density at radius 2 is 1.46 bits per heavy atom. The number of halogens is 3. The predicted octanol–water partition coefficient (Wildman–Crippen LogP) is 6.48. The summed E-state index contributed by atoms with van der Waals surface area (Å²) in [7, 11) is -7.25. The fraction of sp³-hybridized carbons (Fsp3) is 0.394. The molecule has 0 aliphatic carbocycles. The van der Waals surface area contributed by atoms with E-state index in [1.807, 2.05) is 38.1 Å². The molecule has 3 aromatic rings. The highest BCUT2D eigenvalue weighted by atomic mass is 35.5. The fourth-order valence-corrected chi connectivity index (χ4v) is 8.88. The van der Waals surface area contributed by atoms with Gasteiger partial charge in [-0.3, -0.25) is 9.89 Å². The third-order valence-electron chi connectivity index (χ3n) is 9.06. The maximum absolute atomic E-state index is 15.0. The third-order valence-corrected chi connectivity index (χ3v) is 11.9. The molecule has 2 heterocycles. The topological polar surface area (TPSA) is 125 Å². The number of aliphatic imine (C=N–C) groups is 1. The van der Waals surface area contributed by atoms with Crippen LogP contribution in [-0.2, 0) is 30.9 Å². The standard InChI is InChI=1S/C33H37Cl3N4O6S2/c1-6-46-28-20-27(36)29(47(4,42)43)19-26(28)30-37-32(2,21-7-11-23(34)12-8-21)33(3,22-9-13-24(35)14-10-22)40(30)31(41)39-17-15-25(16-18-39)38-48(5,44)45/h7-14,19-20,25,38H,6,15-18H2,1-5H3/t32-,33+/m0/s1. The molecule has 0 bridgehead atoms. The number of ether oxygens (including phenoxy) is 1. The van der Waals surface area contributed by atoms with Crippen molar-refractivity contribution in [1.82, 2.24) is 14.5 Å². The number of urea groups is 1. The van der Waals surface area contributed by atoms with E-state index in [2.05, 4.69) is 4.72 Å². The number of sulfonamides is 1. The molecule has 0 radical (unpaired) electrons. The van der Waals surface area contributed by atoms with E-state index in [-0.39, 0.29) is 52.8 Å². The third kappa shape index (κ3) is 6.93. The molecule has 2 aliphatic rings. The van der Waals surface area contributed by atoms with E-state index < -0.39 is 37.0 Å². The molecule has 1 saturated heterocycles. The summed E-state index contributed by atoms with van der Waals surface area (Å²) in [4.78, 5) is 23.4. The molecule has 1 N–H and O–H groups in total. The van der Waals surface area contributed by atoms with Crippen LogP contribution < -0.4 is 9.46 Å². The molecule has 0 aromatic heterocycles. The monoisotopic (exact) mass is 754 g/mol. The SMILES string of the molecule is CCOc1cc(Cl)c(S(C)(=O)=O)cc1C1=N[C@@](C)(c2ccc(Cl)cc2)[C@@](C)(c2ccc(Cl)cc2)N1C(=O)N1CCC(NS(C)(=O)=O)CC1. The van der Waals surface area contributed by atoms with Crippen LogP contribution in [0, 0.1) is 0 Å². The van der Waals surface area contributed by atoms with Gasteiger partial charge in [0.2, 0.25) is 10.0 Å². The first-order valence-corrected chi connectivity index (χ1v) is 20.2. The number of nitrogens with zero attached hydrogens (tertiary/aromatic N) is 3. The van der Waals surface area contributed by atoms with Gasteiger partial charge in [-0.25, -0.2) is 26.4 Å². The molecule has 48 heavy (non-hydrogen) atoms. The van der Waals surface area contributed by atoms with Crippen LogP contribution in [0.5, 0.6) is 5.75 Å². The Balaban J connectivity index is 1.78. The van der Waals surface area contributed by atoms with Gasteiger partial charge in [0.1, 0.15) is 22.7 Å². The second-order valence-corrected chi connectivity index (χ2v) is 17.4.